The van der Waals surface area contributed by atoms with Crippen molar-refractivity contribution in [2.75, 3.05) is 4.90 Å². The van der Waals surface area contributed by atoms with Crippen LogP contribution in [-0.4, -0.2) is 29.3 Å². The fourth-order valence-electron chi connectivity index (χ4n) is 3.83. The Hall–Kier alpha value is -4.68. The number of carbonyl (C=O) groups is 2. The average molecular weight is 566 g/mol. The largest absolute Gasteiger partial charge is 0.457 e. The van der Waals surface area contributed by atoms with Crippen LogP contribution in [-0.2, 0) is 19.6 Å². The number of benzene rings is 3. The van der Waals surface area contributed by atoms with Crippen molar-refractivity contribution in [1.29, 1.82) is 0 Å². The zero-order valence-corrected chi connectivity index (χ0v) is 21.4. The average Bonchev–Trinajstić information content (AvgIpc) is 3.37. The van der Waals surface area contributed by atoms with Crippen LogP contribution in [0.5, 0.6) is 11.5 Å². The predicted molar refractivity (Wildman–Crippen MR) is 143 cm³/mol. The summed E-state index contributed by atoms with van der Waals surface area (Å²) in [6, 6.07) is 20.1. The molecule has 0 unspecified atom stereocenters. The molecular formula is C27H17F2N3O5S2. The van der Waals surface area contributed by atoms with Gasteiger partial charge in [0.25, 0.3) is 21.8 Å². The summed E-state index contributed by atoms with van der Waals surface area (Å²) < 4.78 is 60.2. The summed E-state index contributed by atoms with van der Waals surface area (Å²) in [5.74, 6) is -2.77. The summed E-state index contributed by atoms with van der Waals surface area (Å²) in [6.45, 7) is 0. The van der Waals surface area contributed by atoms with Gasteiger partial charge in [-0.05, 0) is 79.0 Å². The minimum Gasteiger partial charge on any atom is -0.457 e. The minimum absolute atomic E-state index is 0.114. The topological polar surface area (TPSA) is 97.7 Å². The number of hydrogen-bond acceptors (Lipinski definition) is 6. The predicted octanol–water partition coefficient (Wildman–Crippen LogP) is 4.63. The molecule has 0 bridgehead atoms. The number of ether oxygens (including phenoxy) is 1. The van der Waals surface area contributed by atoms with Gasteiger partial charge < -0.3 is 4.74 Å². The van der Waals surface area contributed by atoms with Gasteiger partial charge in [-0.3, -0.25) is 19.8 Å². The molecule has 12 heteroatoms. The van der Waals surface area contributed by atoms with E-state index in [0.29, 0.717) is 27.2 Å². The quantitative estimate of drug-likeness (QED) is 0.208. The molecule has 1 aromatic heterocycles. The third-order valence-corrected chi connectivity index (χ3v) is 7.66. The highest BCUT2D eigenvalue weighted by atomic mass is 32.2. The zero-order valence-electron chi connectivity index (χ0n) is 19.7. The first-order valence-corrected chi connectivity index (χ1v) is 13.1. The summed E-state index contributed by atoms with van der Waals surface area (Å²) in [5, 5.41) is 2.25. The van der Waals surface area contributed by atoms with Crippen molar-refractivity contribution in [1.82, 2.24) is 9.29 Å². The van der Waals surface area contributed by atoms with Gasteiger partial charge in [0.1, 0.15) is 33.6 Å². The van der Waals surface area contributed by atoms with Crippen LogP contribution >= 0.6 is 12.2 Å². The minimum atomic E-state index is -4.53. The maximum Gasteiger partial charge on any atom is 0.271 e. The van der Waals surface area contributed by atoms with Crippen LogP contribution in [0.4, 0.5) is 14.5 Å². The highest BCUT2D eigenvalue weighted by Gasteiger charge is 2.35. The highest BCUT2D eigenvalue weighted by Crippen LogP contribution is 2.28. The van der Waals surface area contributed by atoms with Crippen molar-refractivity contribution in [3.05, 3.63) is 114 Å². The molecule has 2 heterocycles. The standard InChI is InChI=1S/C27H17F2N3O5S2/c28-17-8-13-24(23(29)15-17)39(35,36)31-14-4-5-19(31)16-22-25(33)30-27(38)32(26(22)34)18-9-11-21(12-10-18)37-20-6-2-1-3-7-20/h1-16H,(H,30,33,38). The van der Waals surface area contributed by atoms with Crippen molar-refractivity contribution in [2.24, 2.45) is 0 Å². The van der Waals surface area contributed by atoms with Gasteiger partial charge in [-0.1, -0.05) is 18.2 Å². The molecule has 8 nitrogen and oxygen atoms in total. The van der Waals surface area contributed by atoms with Crippen molar-refractivity contribution < 1.29 is 31.5 Å². The number of hydrogen-bond donors (Lipinski definition) is 1. The maximum absolute atomic E-state index is 14.3. The molecule has 1 aliphatic heterocycles. The Bertz CT molecular complexity index is 1750. The molecule has 3 aromatic carbocycles. The molecule has 1 aliphatic rings. The SMILES string of the molecule is O=C1NC(=S)N(c2ccc(Oc3ccccc3)cc2)C(=O)C1=Cc1cccn1S(=O)(=O)c1ccc(F)cc1F. The molecule has 0 atom stereocenters. The van der Waals surface area contributed by atoms with Gasteiger partial charge in [-0.2, -0.15) is 0 Å². The van der Waals surface area contributed by atoms with Gasteiger partial charge in [0.05, 0.1) is 11.4 Å². The first-order valence-electron chi connectivity index (χ1n) is 11.3. The Morgan fingerprint density at radius 2 is 1.56 bits per heavy atom. The molecule has 1 fully saturated rings. The summed E-state index contributed by atoms with van der Waals surface area (Å²) in [6.07, 6.45) is 2.17. The van der Waals surface area contributed by atoms with Crippen LogP contribution in [0.25, 0.3) is 6.08 Å². The van der Waals surface area contributed by atoms with E-state index in [-0.39, 0.29) is 10.8 Å². The van der Waals surface area contributed by atoms with Gasteiger partial charge in [0, 0.05) is 12.3 Å². The van der Waals surface area contributed by atoms with Crippen LogP contribution in [0.3, 0.4) is 0 Å². The fourth-order valence-corrected chi connectivity index (χ4v) is 5.49. The van der Waals surface area contributed by atoms with E-state index in [9.17, 15) is 26.8 Å². The fraction of sp³-hybridized carbons (Fsp3) is 0. The summed E-state index contributed by atoms with van der Waals surface area (Å²) >= 11 is 5.22. The first kappa shape index (κ1) is 25.9. The Labute approximate surface area is 226 Å². The van der Waals surface area contributed by atoms with Crippen LogP contribution in [0.2, 0.25) is 0 Å². The summed E-state index contributed by atoms with van der Waals surface area (Å²) in [7, 11) is -4.53. The second-order valence-electron chi connectivity index (χ2n) is 8.18. The normalized spacial score (nSPS) is 15.0. The number of amides is 2. The number of thiocarbonyl (C=S) groups is 1. The Kier molecular flexibility index (Phi) is 6.81. The lowest BCUT2D eigenvalue weighted by atomic mass is 10.1. The molecule has 0 saturated carbocycles. The smallest absolute Gasteiger partial charge is 0.271 e. The van der Waals surface area contributed by atoms with Crippen molar-refractivity contribution in [2.45, 2.75) is 4.90 Å². The number of nitrogens with zero attached hydrogens (tertiary/aromatic N) is 2. The van der Waals surface area contributed by atoms with Crippen molar-refractivity contribution in [3.63, 3.8) is 0 Å². The number of halogens is 2. The van der Waals surface area contributed by atoms with Gasteiger partial charge in [0.2, 0.25) is 0 Å². The highest BCUT2D eigenvalue weighted by molar-refractivity contribution is 7.90. The van der Waals surface area contributed by atoms with E-state index >= 15 is 0 Å². The molecule has 5 rings (SSSR count). The molecule has 0 aliphatic carbocycles. The van der Waals surface area contributed by atoms with Crippen LogP contribution in [0.15, 0.2) is 102 Å². The second-order valence-corrected chi connectivity index (χ2v) is 10.3. The first-order chi connectivity index (χ1) is 18.6. The molecule has 4 aromatic rings. The maximum atomic E-state index is 14.3. The summed E-state index contributed by atoms with van der Waals surface area (Å²) in [4.78, 5) is 26.4. The number of anilines is 1. The third-order valence-electron chi connectivity index (χ3n) is 5.64. The van der Waals surface area contributed by atoms with E-state index in [0.717, 1.165) is 29.3 Å². The number of nitrogens with one attached hydrogen (secondary N) is 1. The molecular weight excluding hydrogens is 548 g/mol. The van der Waals surface area contributed by atoms with E-state index in [1.165, 1.54) is 12.1 Å². The molecule has 39 heavy (non-hydrogen) atoms. The summed E-state index contributed by atoms with van der Waals surface area (Å²) in [5.41, 5.74) is -0.202. The van der Waals surface area contributed by atoms with E-state index in [4.69, 9.17) is 17.0 Å². The lowest BCUT2D eigenvalue weighted by molar-refractivity contribution is -0.122. The van der Waals surface area contributed by atoms with Crippen LogP contribution in [0.1, 0.15) is 5.69 Å². The van der Waals surface area contributed by atoms with Gasteiger partial charge in [0.15, 0.2) is 5.11 Å². The number of para-hydroxylation sites is 1. The molecule has 196 valence electrons. The molecule has 2 amide bonds. The monoisotopic (exact) mass is 565 g/mol. The van der Waals surface area contributed by atoms with Crippen molar-refractivity contribution >= 4 is 50.9 Å². The van der Waals surface area contributed by atoms with E-state index in [2.05, 4.69) is 5.32 Å². The molecule has 0 spiro atoms. The van der Waals surface area contributed by atoms with Crippen molar-refractivity contribution in [3.8, 4) is 11.5 Å². The molecule has 0 radical (unpaired) electrons. The van der Waals surface area contributed by atoms with Crippen LogP contribution in [0, 0.1) is 11.6 Å². The van der Waals surface area contributed by atoms with E-state index in [1.807, 2.05) is 18.2 Å². The molecule has 1 saturated heterocycles. The zero-order chi connectivity index (χ0) is 27.7. The van der Waals surface area contributed by atoms with Gasteiger partial charge in [-0.25, -0.2) is 21.2 Å². The Balaban J connectivity index is 1.46. The lowest BCUT2D eigenvalue weighted by Gasteiger charge is -2.29. The van der Waals surface area contributed by atoms with E-state index < -0.39 is 43.9 Å². The number of aromatic nitrogens is 1. The number of carbonyl (C=O) groups excluding carboxylic acids is 2. The second kappa shape index (κ2) is 10.2. The van der Waals surface area contributed by atoms with E-state index in [1.54, 1.807) is 36.4 Å². The number of rotatable bonds is 6. The van der Waals surface area contributed by atoms with Crippen LogP contribution < -0.4 is 15.0 Å². The van der Waals surface area contributed by atoms with Gasteiger partial charge in [-0.15, -0.1) is 0 Å². The third kappa shape index (κ3) is 5.07. The lowest BCUT2D eigenvalue weighted by Crippen LogP contribution is -2.54. The Morgan fingerprint density at radius 1 is 0.872 bits per heavy atom. The van der Waals surface area contributed by atoms with Gasteiger partial charge >= 0.3 is 0 Å². The molecule has 1 N–H and O–H groups in total. The Morgan fingerprint density at radius 3 is 2.26 bits per heavy atom.